The molecule has 0 aliphatic carbocycles. The van der Waals surface area contributed by atoms with Crippen molar-refractivity contribution in [3.63, 3.8) is 0 Å². The van der Waals surface area contributed by atoms with Gasteiger partial charge in [0.05, 0.1) is 12.2 Å². The van der Waals surface area contributed by atoms with Gasteiger partial charge in [-0.05, 0) is 74.2 Å². The second kappa shape index (κ2) is 13.1. The number of anilines is 1. The molecular formula is C33H32ClN3O2S2. The quantitative estimate of drug-likeness (QED) is 0.170. The maximum absolute atomic E-state index is 14.0. The number of thioether (sulfide) groups is 2. The Bertz CT molecular complexity index is 1650. The van der Waals surface area contributed by atoms with Crippen molar-refractivity contribution in [1.29, 1.82) is 0 Å². The van der Waals surface area contributed by atoms with Crippen molar-refractivity contribution in [3.8, 4) is 11.1 Å². The maximum atomic E-state index is 14.0. The fourth-order valence-corrected chi connectivity index (χ4v) is 6.30. The molecule has 2 amide bonds. The summed E-state index contributed by atoms with van der Waals surface area (Å²) < 4.78 is 6.45. The number of carbonyl (C=O) groups excluding carboxylic acids is 1. The molecule has 0 radical (unpaired) electrons. The molecule has 0 saturated carbocycles. The lowest BCUT2D eigenvalue weighted by Gasteiger charge is -2.24. The number of carbonyl (C=O) groups is 1. The Morgan fingerprint density at radius 1 is 0.976 bits per heavy atom. The molecule has 41 heavy (non-hydrogen) atoms. The zero-order valence-corrected chi connectivity index (χ0v) is 25.9. The Morgan fingerprint density at radius 2 is 1.73 bits per heavy atom. The minimum absolute atomic E-state index is 0.198. The number of nitrogens with one attached hydrogen (secondary N) is 1. The normalized spacial score (nSPS) is 11.1. The van der Waals surface area contributed by atoms with Gasteiger partial charge in [0.2, 0.25) is 0 Å². The van der Waals surface area contributed by atoms with Crippen LogP contribution < -0.4 is 5.32 Å². The van der Waals surface area contributed by atoms with Crippen LogP contribution in [0.1, 0.15) is 22.6 Å². The van der Waals surface area contributed by atoms with Crippen LogP contribution in [0.2, 0.25) is 5.02 Å². The van der Waals surface area contributed by atoms with Crippen molar-refractivity contribution in [2.24, 2.45) is 0 Å². The van der Waals surface area contributed by atoms with Gasteiger partial charge in [0.15, 0.2) is 0 Å². The monoisotopic (exact) mass is 601 g/mol. The Morgan fingerprint density at radius 3 is 2.44 bits per heavy atom. The Kier molecular flexibility index (Phi) is 9.28. The lowest BCUT2D eigenvalue weighted by molar-refractivity contribution is 0.205. The van der Waals surface area contributed by atoms with E-state index in [2.05, 4.69) is 35.4 Å². The maximum Gasteiger partial charge on any atom is 0.322 e. The van der Waals surface area contributed by atoms with Crippen LogP contribution in [0.3, 0.4) is 0 Å². The molecule has 0 bridgehead atoms. The number of fused-ring (bicyclic) bond motifs is 1. The molecule has 2 aromatic heterocycles. The summed E-state index contributed by atoms with van der Waals surface area (Å²) in [5.74, 6) is 0.730. The van der Waals surface area contributed by atoms with Crippen LogP contribution in [0, 0.1) is 13.8 Å². The molecule has 0 spiro atoms. The van der Waals surface area contributed by atoms with Crippen molar-refractivity contribution in [2.45, 2.75) is 36.7 Å². The van der Waals surface area contributed by atoms with Gasteiger partial charge in [-0.25, -0.2) is 9.78 Å². The second-order valence-corrected chi connectivity index (χ2v) is 11.9. The first-order chi connectivity index (χ1) is 19.9. The van der Waals surface area contributed by atoms with Gasteiger partial charge < -0.3 is 14.6 Å². The number of halogens is 1. The summed E-state index contributed by atoms with van der Waals surface area (Å²) in [6, 6.07) is 26.0. The van der Waals surface area contributed by atoms with Crippen LogP contribution >= 0.6 is 35.1 Å². The highest BCUT2D eigenvalue weighted by atomic mass is 35.5. The molecule has 1 N–H and O–H groups in total. The molecule has 0 aliphatic heterocycles. The number of pyridine rings is 1. The lowest BCUT2D eigenvalue weighted by Crippen LogP contribution is -2.36. The first-order valence-corrected chi connectivity index (χ1v) is 16.2. The zero-order chi connectivity index (χ0) is 28.9. The highest BCUT2D eigenvalue weighted by molar-refractivity contribution is 7.99. The lowest BCUT2D eigenvalue weighted by atomic mass is 10.0. The molecule has 0 saturated heterocycles. The predicted molar refractivity (Wildman–Crippen MR) is 174 cm³/mol. The third-order valence-corrected chi connectivity index (χ3v) is 8.60. The summed E-state index contributed by atoms with van der Waals surface area (Å²) in [7, 11) is 0. The van der Waals surface area contributed by atoms with Crippen molar-refractivity contribution >= 4 is 57.8 Å². The number of benzene rings is 3. The highest BCUT2D eigenvalue weighted by Crippen LogP contribution is 2.38. The van der Waals surface area contributed by atoms with E-state index >= 15 is 0 Å². The summed E-state index contributed by atoms with van der Waals surface area (Å²) in [6.07, 6.45) is 4.70. The average molecular weight is 602 g/mol. The van der Waals surface area contributed by atoms with Crippen molar-refractivity contribution in [2.75, 3.05) is 24.4 Å². The van der Waals surface area contributed by atoms with Gasteiger partial charge in [0.1, 0.15) is 16.4 Å². The number of hydrogen-bond acceptors (Lipinski definition) is 5. The molecule has 0 aliphatic rings. The SMILES string of the molecule is CSc1cc(C)nc(SC)c1NC(=O)N(CCc1ccccc1)Cc1oc2ccc(C)cc2c1-c1ccc(Cl)cc1. The molecule has 5 nitrogen and oxygen atoms in total. The van der Waals surface area contributed by atoms with Crippen molar-refractivity contribution < 1.29 is 9.21 Å². The van der Waals surface area contributed by atoms with Crippen molar-refractivity contribution in [3.05, 3.63) is 106 Å². The van der Waals surface area contributed by atoms with E-state index in [-0.39, 0.29) is 6.03 Å². The summed E-state index contributed by atoms with van der Waals surface area (Å²) in [4.78, 5) is 21.5. The molecule has 0 atom stereocenters. The van der Waals surface area contributed by atoms with Crippen LogP contribution in [0.4, 0.5) is 10.5 Å². The average Bonchev–Trinajstić information content (AvgIpc) is 3.33. The van der Waals surface area contributed by atoms with Gasteiger partial charge in [-0.3, -0.25) is 0 Å². The zero-order valence-electron chi connectivity index (χ0n) is 23.5. The number of urea groups is 1. The molecule has 5 aromatic rings. The van der Waals surface area contributed by atoms with E-state index in [1.54, 1.807) is 11.8 Å². The van der Waals surface area contributed by atoms with Gasteiger partial charge in [0, 0.05) is 33.1 Å². The van der Waals surface area contributed by atoms with E-state index in [1.807, 2.05) is 85.0 Å². The third kappa shape index (κ3) is 6.75. The Labute approximate surface area is 254 Å². The van der Waals surface area contributed by atoms with E-state index in [9.17, 15) is 4.79 Å². The van der Waals surface area contributed by atoms with Crippen LogP contribution in [-0.4, -0.2) is 35.0 Å². The van der Waals surface area contributed by atoms with E-state index < -0.39 is 0 Å². The largest absolute Gasteiger partial charge is 0.459 e. The molecule has 5 rings (SSSR count). The number of rotatable bonds is 9. The number of nitrogens with zero attached hydrogens (tertiary/aromatic N) is 2. The second-order valence-electron chi connectivity index (χ2n) is 9.84. The summed E-state index contributed by atoms with van der Waals surface area (Å²) in [5.41, 5.74) is 6.72. The molecule has 210 valence electrons. The smallest absolute Gasteiger partial charge is 0.322 e. The van der Waals surface area contributed by atoms with Crippen LogP contribution in [0.25, 0.3) is 22.1 Å². The fourth-order valence-electron chi connectivity index (χ4n) is 4.87. The number of aryl methyl sites for hydroxylation is 2. The number of hydrogen-bond donors (Lipinski definition) is 1. The molecular weight excluding hydrogens is 570 g/mol. The van der Waals surface area contributed by atoms with Crippen LogP contribution in [-0.2, 0) is 13.0 Å². The first-order valence-electron chi connectivity index (χ1n) is 13.3. The van der Waals surface area contributed by atoms with Gasteiger partial charge in [-0.2, -0.15) is 0 Å². The van der Waals surface area contributed by atoms with Gasteiger partial charge >= 0.3 is 6.03 Å². The number of furan rings is 1. The summed E-state index contributed by atoms with van der Waals surface area (Å²) >= 11 is 9.35. The van der Waals surface area contributed by atoms with Gasteiger partial charge in [0.25, 0.3) is 0 Å². The number of amides is 2. The standard InChI is InChI=1S/C33H32ClN3O2S2/c1-21-10-15-27-26(18-21)30(24-11-13-25(34)14-12-24)28(39-27)20-37(17-16-23-8-6-5-7-9-23)33(38)36-31-29(40-3)19-22(2)35-32(31)41-4/h5-15,18-19H,16-17,20H2,1-4H3,(H,36,38). The highest BCUT2D eigenvalue weighted by Gasteiger charge is 2.24. The van der Waals surface area contributed by atoms with Gasteiger partial charge in [-0.1, -0.05) is 65.7 Å². The van der Waals surface area contributed by atoms with Crippen molar-refractivity contribution in [1.82, 2.24) is 9.88 Å². The minimum atomic E-state index is -0.198. The fraction of sp³-hybridized carbons (Fsp3) is 0.212. The molecule has 8 heteroatoms. The molecule has 3 aromatic carbocycles. The Hall–Kier alpha value is -3.39. The Balaban J connectivity index is 1.54. The van der Waals surface area contributed by atoms with E-state index in [0.29, 0.717) is 24.5 Å². The van der Waals surface area contributed by atoms with Gasteiger partial charge in [-0.15, -0.1) is 23.5 Å². The molecule has 0 fully saturated rings. The molecule has 0 unspecified atom stereocenters. The predicted octanol–water partition coefficient (Wildman–Crippen LogP) is 9.49. The third-order valence-electron chi connectivity index (χ3n) is 6.91. The minimum Gasteiger partial charge on any atom is -0.459 e. The first kappa shape index (κ1) is 29.1. The van der Waals surface area contributed by atoms with E-state index in [1.165, 1.54) is 11.8 Å². The van der Waals surface area contributed by atoms with Crippen LogP contribution in [0.5, 0.6) is 0 Å². The summed E-state index contributed by atoms with van der Waals surface area (Å²) in [5, 5.41) is 5.68. The van der Waals surface area contributed by atoms with E-state index in [0.717, 1.165) is 60.3 Å². The number of aromatic nitrogens is 1. The molecule has 2 heterocycles. The topological polar surface area (TPSA) is 58.4 Å². The van der Waals surface area contributed by atoms with E-state index in [4.69, 9.17) is 16.0 Å². The summed E-state index contributed by atoms with van der Waals surface area (Å²) in [6.45, 7) is 4.85. The van der Waals surface area contributed by atoms with Crippen LogP contribution in [0.15, 0.2) is 93.2 Å².